The van der Waals surface area contributed by atoms with Gasteiger partial charge >= 0.3 is 6.09 Å². The van der Waals surface area contributed by atoms with Crippen LogP contribution in [0.4, 0.5) is 10.5 Å². The summed E-state index contributed by atoms with van der Waals surface area (Å²) in [6.07, 6.45) is -0.139. The summed E-state index contributed by atoms with van der Waals surface area (Å²) in [5.41, 5.74) is 2.19. The van der Waals surface area contributed by atoms with Gasteiger partial charge in [0.1, 0.15) is 23.4 Å². The van der Waals surface area contributed by atoms with Crippen LogP contribution in [0.3, 0.4) is 0 Å². The molecule has 8 nitrogen and oxygen atoms in total. The number of benzene rings is 2. The zero-order valence-corrected chi connectivity index (χ0v) is 21.6. The Bertz CT molecular complexity index is 1040. The fraction of sp³-hybridized carbons (Fsp3) is 0.444. The molecule has 0 saturated carbocycles. The maximum atomic E-state index is 13.7. The Labute approximate surface area is 207 Å². The van der Waals surface area contributed by atoms with Gasteiger partial charge in [-0.2, -0.15) is 0 Å². The molecule has 0 aliphatic heterocycles. The Morgan fingerprint density at radius 1 is 1.06 bits per heavy atom. The van der Waals surface area contributed by atoms with Gasteiger partial charge in [0.2, 0.25) is 5.91 Å². The van der Waals surface area contributed by atoms with Crippen molar-refractivity contribution in [3.8, 4) is 5.75 Å². The summed E-state index contributed by atoms with van der Waals surface area (Å²) >= 11 is 0. The predicted molar refractivity (Wildman–Crippen MR) is 136 cm³/mol. The number of alkyl carbamates (subject to hydrolysis) is 1. The van der Waals surface area contributed by atoms with E-state index in [4.69, 9.17) is 4.74 Å². The second-order valence-electron chi connectivity index (χ2n) is 9.65. The SMILES string of the molecule is CCCN(C(=O)C(C)NC(=O)OC(C)(C)C)C(C(=O)Nc1c(C)cccc1C)c1cccc(O)c1. The van der Waals surface area contributed by atoms with Crippen LogP contribution in [0.25, 0.3) is 0 Å². The number of aromatic hydroxyl groups is 1. The molecule has 190 valence electrons. The first-order chi connectivity index (χ1) is 16.3. The summed E-state index contributed by atoms with van der Waals surface area (Å²) < 4.78 is 5.28. The number of nitrogens with one attached hydrogen (secondary N) is 2. The Hall–Kier alpha value is -3.55. The molecule has 3 amide bonds. The van der Waals surface area contributed by atoms with E-state index in [1.807, 2.05) is 39.0 Å². The number of carbonyl (C=O) groups is 3. The minimum Gasteiger partial charge on any atom is -0.508 e. The number of ether oxygens (including phenoxy) is 1. The number of aryl methyl sites for hydroxylation is 2. The number of anilines is 1. The molecule has 2 aromatic rings. The van der Waals surface area contributed by atoms with Crippen molar-refractivity contribution in [2.75, 3.05) is 11.9 Å². The van der Waals surface area contributed by atoms with E-state index in [-0.39, 0.29) is 12.3 Å². The van der Waals surface area contributed by atoms with Gasteiger partial charge in [-0.15, -0.1) is 0 Å². The molecule has 0 radical (unpaired) electrons. The van der Waals surface area contributed by atoms with E-state index in [1.54, 1.807) is 39.8 Å². The second-order valence-corrected chi connectivity index (χ2v) is 9.65. The van der Waals surface area contributed by atoms with E-state index >= 15 is 0 Å². The Morgan fingerprint density at radius 3 is 2.20 bits per heavy atom. The molecule has 8 heteroatoms. The van der Waals surface area contributed by atoms with Crippen molar-refractivity contribution >= 4 is 23.6 Å². The molecule has 2 atom stereocenters. The lowest BCUT2D eigenvalue weighted by Gasteiger charge is -2.33. The van der Waals surface area contributed by atoms with Gasteiger partial charge in [-0.1, -0.05) is 37.3 Å². The molecule has 0 bridgehead atoms. The number of para-hydroxylation sites is 1. The van der Waals surface area contributed by atoms with Crippen molar-refractivity contribution in [1.29, 1.82) is 0 Å². The number of hydrogen-bond donors (Lipinski definition) is 3. The lowest BCUT2D eigenvalue weighted by Crippen LogP contribution is -2.51. The topological polar surface area (TPSA) is 108 Å². The van der Waals surface area contributed by atoms with Crippen LogP contribution in [0.5, 0.6) is 5.75 Å². The van der Waals surface area contributed by atoms with Crippen LogP contribution in [-0.2, 0) is 14.3 Å². The number of phenols is 1. The highest BCUT2D eigenvalue weighted by atomic mass is 16.6. The smallest absolute Gasteiger partial charge is 0.408 e. The van der Waals surface area contributed by atoms with Crippen molar-refractivity contribution in [1.82, 2.24) is 10.2 Å². The summed E-state index contributed by atoms with van der Waals surface area (Å²) in [5, 5.41) is 15.6. The standard InChI is InChI=1S/C27H37N3O5/c1-8-15-30(25(33)19(4)28-26(34)35-27(5,6)7)23(20-13-10-14-21(31)16-20)24(32)29-22-17(2)11-9-12-18(22)3/h9-14,16,19,23,31H,8,15H2,1-7H3,(H,28,34)(H,29,32). The minimum absolute atomic E-state index is 0.0174. The van der Waals surface area contributed by atoms with Crippen molar-refractivity contribution in [3.63, 3.8) is 0 Å². The molecule has 0 fully saturated rings. The highest BCUT2D eigenvalue weighted by molar-refractivity contribution is 5.99. The zero-order chi connectivity index (χ0) is 26.3. The lowest BCUT2D eigenvalue weighted by atomic mass is 10.0. The van der Waals surface area contributed by atoms with Crippen LogP contribution in [0.2, 0.25) is 0 Å². The first-order valence-electron chi connectivity index (χ1n) is 11.8. The molecule has 0 aromatic heterocycles. The number of nitrogens with zero attached hydrogens (tertiary/aromatic N) is 1. The molecular formula is C27H37N3O5. The molecule has 2 aromatic carbocycles. The molecule has 2 rings (SSSR count). The maximum Gasteiger partial charge on any atom is 0.408 e. The number of carbonyl (C=O) groups excluding carboxylic acids is 3. The largest absolute Gasteiger partial charge is 0.508 e. The van der Waals surface area contributed by atoms with Crippen molar-refractivity contribution in [3.05, 3.63) is 59.2 Å². The number of phenolic OH excluding ortho intramolecular Hbond substituents is 1. The van der Waals surface area contributed by atoms with E-state index in [0.717, 1.165) is 11.1 Å². The molecular weight excluding hydrogens is 446 g/mol. The van der Waals surface area contributed by atoms with E-state index in [2.05, 4.69) is 10.6 Å². The molecule has 0 aliphatic carbocycles. The van der Waals surface area contributed by atoms with Gasteiger partial charge in [0.05, 0.1) is 0 Å². The first kappa shape index (κ1) is 27.7. The van der Waals surface area contributed by atoms with E-state index in [0.29, 0.717) is 17.7 Å². The minimum atomic E-state index is -1.03. The summed E-state index contributed by atoms with van der Waals surface area (Å²) in [5.74, 6) is -0.877. The van der Waals surface area contributed by atoms with E-state index in [9.17, 15) is 19.5 Å². The van der Waals surface area contributed by atoms with Gasteiger partial charge in [0, 0.05) is 12.2 Å². The van der Waals surface area contributed by atoms with Gasteiger partial charge in [-0.05, 0) is 76.8 Å². The summed E-state index contributed by atoms with van der Waals surface area (Å²) in [6.45, 7) is 12.7. The first-order valence-corrected chi connectivity index (χ1v) is 11.8. The van der Waals surface area contributed by atoms with Gasteiger partial charge < -0.3 is 25.4 Å². The predicted octanol–water partition coefficient (Wildman–Crippen LogP) is 4.84. The highest BCUT2D eigenvalue weighted by Gasteiger charge is 2.34. The molecule has 0 spiro atoms. The Kier molecular flexibility index (Phi) is 9.28. The van der Waals surface area contributed by atoms with Crippen LogP contribution < -0.4 is 10.6 Å². The summed E-state index contributed by atoms with van der Waals surface area (Å²) in [6, 6.07) is 10.0. The van der Waals surface area contributed by atoms with Crippen LogP contribution in [-0.4, -0.2) is 46.1 Å². The molecule has 0 aliphatic rings. The van der Waals surface area contributed by atoms with Crippen LogP contribution in [0.1, 0.15) is 63.8 Å². The van der Waals surface area contributed by atoms with Gasteiger partial charge in [-0.3, -0.25) is 9.59 Å². The maximum absolute atomic E-state index is 13.7. The Balaban J connectivity index is 2.43. The molecule has 35 heavy (non-hydrogen) atoms. The molecule has 0 saturated heterocycles. The van der Waals surface area contributed by atoms with Crippen LogP contribution in [0, 0.1) is 13.8 Å². The lowest BCUT2D eigenvalue weighted by molar-refractivity contribution is -0.140. The Morgan fingerprint density at radius 2 is 1.66 bits per heavy atom. The van der Waals surface area contributed by atoms with Gasteiger partial charge in [0.25, 0.3) is 5.91 Å². The third-order valence-electron chi connectivity index (χ3n) is 5.33. The molecule has 0 heterocycles. The summed E-state index contributed by atoms with van der Waals surface area (Å²) in [4.78, 5) is 40.9. The van der Waals surface area contributed by atoms with Crippen molar-refractivity contribution in [2.24, 2.45) is 0 Å². The van der Waals surface area contributed by atoms with Crippen LogP contribution in [0.15, 0.2) is 42.5 Å². The fourth-order valence-corrected chi connectivity index (χ4v) is 3.77. The highest BCUT2D eigenvalue weighted by Crippen LogP contribution is 2.28. The third kappa shape index (κ3) is 7.73. The van der Waals surface area contributed by atoms with Crippen molar-refractivity contribution < 1.29 is 24.2 Å². The van der Waals surface area contributed by atoms with Gasteiger partial charge in [0.15, 0.2) is 0 Å². The van der Waals surface area contributed by atoms with E-state index in [1.165, 1.54) is 17.0 Å². The summed E-state index contributed by atoms with van der Waals surface area (Å²) in [7, 11) is 0. The van der Waals surface area contributed by atoms with Gasteiger partial charge in [-0.25, -0.2) is 4.79 Å². The number of hydrogen-bond acceptors (Lipinski definition) is 5. The average Bonchev–Trinajstić information content (AvgIpc) is 2.74. The molecule has 3 N–H and O–H groups in total. The monoisotopic (exact) mass is 483 g/mol. The quantitative estimate of drug-likeness (QED) is 0.498. The number of rotatable bonds is 8. The fourth-order valence-electron chi connectivity index (χ4n) is 3.77. The normalized spacial score (nSPS) is 12.9. The van der Waals surface area contributed by atoms with Crippen LogP contribution >= 0.6 is 0 Å². The third-order valence-corrected chi connectivity index (χ3v) is 5.33. The molecule has 2 unspecified atom stereocenters. The van der Waals surface area contributed by atoms with E-state index < -0.39 is 35.6 Å². The van der Waals surface area contributed by atoms with Crippen molar-refractivity contribution in [2.45, 2.75) is 72.6 Å². The zero-order valence-electron chi connectivity index (χ0n) is 21.6. The number of amides is 3. The second kappa shape index (κ2) is 11.7. The average molecular weight is 484 g/mol.